The van der Waals surface area contributed by atoms with Gasteiger partial charge in [0.1, 0.15) is 17.6 Å². The number of rotatable bonds is 6. The minimum Gasteiger partial charge on any atom is -0.374 e. The first-order valence-corrected chi connectivity index (χ1v) is 5.90. The first-order valence-electron chi connectivity index (χ1n) is 5.52. The monoisotopic (exact) mass is 268 g/mol. The second kappa shape index (κ2) is 6.32. The second-order valence-corrected chi connectivity index (χ2v) is 3.85. The van der Waals surface area contributed by atoms with Gasteiger partial charge in [-0.05, 0) is 6.92 Å². The van der Waals surface area contributed by atoms with E-state index in [1.165, 1.54) is 0 Å². The molecule has 0 radical (unpaired) electrons. The van der Waals surface area contributed by atoms with Crippen molar-refractivity contribution in [3.63, 3.8) is 0 Å². The van der Waals surface area contributed by atoms with E-state index in [1.54, 1.807) is 18.3 Å². The minimum atomic E-state index is 0.341. The molecule has 0 amide bonds. The summed E-state index contributed by atoms with van der Waals surface area (Å²) >= 11 is 5.91. The van der Waals surface area contributed by atoms with E-state index in [2.05, 4.69) is 20.4 Å². The van der Waals surface area contributed by atoms with E-state index < -0.39 is 0 Å². The summed E-state index contributed by atoms with van der Waals surface area (Å²) in [4.78, 5) is 8.35. The van der Waals surface area contributed by atoms with Gasteiger partial charge in [0.15, 0.2) is 11.6 Å². The van der Waals surface area contributed by atoms with E-state index >= 15 is 0 Å². The molecule has 2 aromatic heterocycles. The zero-order chi connectivity index (χ0) is 12.8. The topological polar surface area (TPSA) is 73.1 Å². The number of nitrogens with zero attached hydrogens (tertiary/aromatic N) is 3. The lowest BCUT2D eigenvalue weighted by molar-refractivity contribution is 0.128. The molecule has 2 rings (SSSR count). The number of hydrogen-bond acceptors (Lipinski definition) is 6. The third kappa shape index (κ3) is 3.68. The Morgan fingerprint density at radius 2 is 2.33 bits per heavy atom. The standard InChI is InChI=1S/C11H13ClN4O2/c1-2-17-7-11-15-9(12)5-10(16-11)13-6-8-3-4-14-18-8/h3-5H,2,6-7H2,1H3,(H,13,15,16). The zero-order valence-corrected chi connectivity index (χ0v) is 10.6. The molecule has 0 aliphatic heterocycles. The van der Waals surface area contributed by atoms with Crippen LogP contribution in [0.2, 0.25) is 5.15 Å². The van der Waals surface area contributed by atoms with Crippen molar-refractivity contribution in [2.24, 2.45) is 0 Å². The van der Waals surface area contributed by atoms with Crippen LogP contribution in [0, 0.1) is 0 Å². The van der Waals surface area contributed by atoms with Gasteiger partial charge in [0.05, 0.1) is 12.7 Å². The molecular formula is C11H13ClN4O2. The molecule has 0 atom stereocenters. The smallest absolute Gasteiger partial charge is 0.158 e. The summed E-state index contributed by atoms with van der Waals surface area (Å²) in [5.74, 6) is 1.89. The Balaban J connectivity index is 2.00. The van der Waals surface area contributed by atoms with Crippen molar-refractivity contribution in [1.82, 2.24) is 15.1 Å². The molecule has 0 bridgehead atoms. The summed E-state index contributed by atoms with van der Waals surface area (Å²) < 4.78 is 10.2. The molecule has 0 aliphatic carbocycles. The van der Waals surface area contributed by atoms with E-state index in [9.17, 15) is 0 Å². The Kier molecular flexibility index (Phi) is 4.49. The number of hydrogen-bond donors (Lipinski definition) is 1. The van der Waals surface area contributed by atoms with Crippen molar-refractivity contribution < 1.29 is 9.26 Å². The van der Waals surface area contributed by atoms with E-state index in [-0.39, 0.29) is 0 Å². The highest BCUT2D eigenvalue weighted by atomic mass is 35.5. The molecule has 0 saturated carbocycles. The first-order chi connectivity index (χ1) is 8.78. The Bertz CT molecular complexity index is 490. The van der Waals surface area contributed by atoms with Gasteiger partial charge in [-0.1, -0.05) is 16.8 Å². The molecule has 0 fully saturated rings. The quantitative estimate of drug-likeness (QED) is 0.810. The summed E-state index contributed by atoms with van der Waals surface area (Å²) in [5, 5.41) is 7.07. The van der Waals surface area contributed by atoms with E-state index in [4.69, 9.17) is 20.9 Å². The van der Waals surface area contributed by atoms with E-state index in [0.29, 0.717) is 36.6 Å². The number of anilines is 1. The van der Waals surface area contributed by atoms with Gasteiger partial charge in [0.2, 0.25) is 0 Å². The maximum Gasteiger partial charge on any atom is 0.158 e. The fourth-order valence-electron chi connectivity index (χ4n) is 1.32. The molecule has 0 aromatic carbocycles. The van der Waals surface area contributed by atoms with Crippen LogP contribution in [-0.2, 0) is 17.9 Å². The van der Waals surface area contributed by atoms with Crippen molar-refractivity contribution in [1.29, 1.82) is 0 Å². The molecule has 2 heterocycles. The van der Waals surface area contributed by atoms with Crippen LogP contribution in [0.4, 0.5) is 5.82 Å². The van der Waals surface area contributed by atoms with Gasteiger partial charge < -0.3 is 14.6 Å². The van der Waals surface area contributed by atoms with Crippen LogP contribution in [0.5, 0.6) is 0 Å². The predicted molar refractivity (Wildman–Crippen MR) is 66.2 cm³/mol. The number of aromatic nitrogens is 3. The summed E-state index contributed by atoms with van der Waals surface area (Å²) in [5.41, 5.74) is 0. The maximum absolute atomic E-state index is 5.91. The summed E-state index contributed by atoms with van der Waals surface area (Å²) in [7, 11) is 0. The molecule has 6 nitrogen and oxygen atoms in total. The van der Waals surface area contributed by atoms with Crippen LogP contribution >= 0.6 is 11.6 Å². The van der Waals surface area contributed by atoms with Gasteiger partial charge in [-0.3, -0.25) is 0 Å². The molecule has 96 valence electrons. The average Bonchev–Trinajstić information content (AvgIpc) is 2.86. The maximum atomic E-state index is 5.91. The summed E-state index contributed by atoms with van der Waals surface area (Å²) in [6.45, 7) is 3.35. The molecular weight excluding hydrogens is 256 g/mol. The lowest BCUT2D eigenvalue weighted by Gasteiger charge is -2.06. The SMILES string of the molecule is CCOCc1nc(Cl)cc(NCc2ccno2)n1. The number of halogens is 1. The second-order valence-electron chi connectivity index (χ2n) is 3.46. The molecule has 7 heteroatoms. The van der Waals surface area contributed by atoms with Crippen molar-refractivity contribution in [3.05, 3.63) is 35.1 Å². The van der Waals surface area contributed by atoms with Crippen LogP contribution in [0.3, 0.4) is 0 Å². The molecule has 0 unspecified atom stereocenters. The van der Waals surface area contributed by atoms with Gasteiger partial charge in [0.25, 0.3) is 0 Å². The van der Waals surface area contributed by atoms with Crippen molar-refractivity contribution in [2.45, 2.75) is 20.1 Å². The van der Waals surface area contributed by atoms with Gasteiger partial charge in [-0.25, -0.2) is 9.97 Å². The van der Waals surface area contributed by atoms with Crippen molar-refractivity contribution >= 4 is 17.4 Å². The Hall–Kier alpha value is -1.66. The highest BCUT2D eigenvalue weighted by molar-refractivity contribution is 6.29. The fraction of sp³-hybridized carbons (Fsp3) is 0.364. The Morgan fingerprint density at radius 3 is 3.06 bits per heavy atom. The number of nitrogens with one attached hydrogen (secondary N) is 1. The molecule has 0 aliphatic rings. The van der Waals surface area contributed by atoms with Crippen LogP contribution in [0.25, 0.3) is 0 Å². The van der Waals surface area contributed by atoms with Crippen LogP contribution < -0.4 is 5.32 Å². The number of ether oxygens (including phenoxy) is 1. The Morgan fingerprint density at radius 1 is 1.44 bits per heavy atom. The summed E-state index contributed by atoms with van der Waals surface area (Å²) in [6, 6.07) is 3.42. The van der Waals surface area contributed by atoms with E-state index in [0.717, 1.165) is 5.76 Å². The zero-order valence-electron chi connectivity index (χ0n) is 9.89. The molecule has 18 heavy (non-hydrogen) atoms. The van der Waals surface area contributed by atoms with Crippen LogP contribution in [-0.4, -0.2) is 21.7 Å². The van der Waals surface area contributed by atoms with Crippen LogP contribution in [0.15, 0.2) is 22.9 Å². The lowest BCUT2D eigenvalue weighted by atomic mass is 10.4. The molecule has 0 saturated heterocycles. The van der Waals surface area contributed by atoms with Gasteiger partial charge in [-0.15, -0.1) is 0 Å². The van der Waals surface area contributed by atoms with Crippen molar-refractivity contribution in [3.8, 4) is 0 Å². The van der Waals surface area contributed by atoms with Gasteiger partial charge >= 0.3 is 0 Å². The largest absolute Gasteiger partial charge is 0.374 e. The molecule has 2 aromatic rings. The first kappa shape index (κ1) is 12.8. The van der Waals surface area contributed by atoms with Gasteiger partial charge in [-0.2, -0.15) is 0 Å². The normalized spacial score (nSPS) is 10.6. The molecule has 0 spiro atoms. The lowest BCUT2D eigenvalue weighted by Crippen LogP contribution is -2.05. The third-order valence-electron chi connectivity index (χ3n) is 2.11. The average molecular weight is 269 g/mol. The summed E-state index contributed by atoms with van der Waals surface area (Å²) in [6.07, 6.45) is 1.59. The van der Waals surface area contributed by atoms with Gasteiger partial charge in [0, 0.05) is 18.7 Å². The van der Waals surface area contributed by atoms with E-state index in [1.807, 2.05) is 6.92 Å². The molecule has 1 N–H and O–H groups in total. The fourth-order valence-corrected chi connectivity index (χ4v) is 1.53. The Labute approximate surface area is 109 Å². The highest BCUT2D eigenvalue weighted by Gasteiger charge is 2.04. The van der Waals surface area contributed by atoms with Crippen LogP contribution in [0.1, 0.15) is 18.5 Å². The van der Waals surface area contributed by atoms with Crippen molar-refractivity contribution in [2.75, 3.05) is 11.9 Å². The third-order valence-corrected chi connectivity index (χ3v) is 2.31. The minimum absolute atomic E-state index is 0.341. The predicted octanol–water partition coefficient (Wildman–Crippen LogP) is 2.27. The highest BCUT2D eigenvalue weighted by Crippen LogP contribution is 2.13.